The molecule has 0 saturated carbocycles. The molecule has 0 fully saturated rings. The molecule has 1 aromatic carbocycles. The summed E-state index contributed by atoms with van der Waals surface area (Å²) in [6.07, 6.45) is 0.975. The van der Waals surface area contributed by atoms with Crippen molar-refractivity contribution in [3.63, 3.8) is 0 Å². The molecule has 0 aliphatic heterocycles. The Morgan fingerprint density at radius 3 is 2.23 bits per heavy atom. The fourth-order valence-electron chi connectivity index (χ4n) is 1.02. The number of hydrogen-bond donors (Lipinski definition) is 0. The summed E-state index contributed by atoms with van der Waals surface area (Å²) in [4.78, 5) is 0. The monoisotopic (exact) mass is 248 g/mol. The van der Waals surface area contributed by atoms with Crippen LogP contribution in [0.5, 0.6) is 0 Å². The fourth-order valence-corrected chi connectivity index (χ4v) is 1.02. The summed E-state index contributed by atoms with van der Waals surface area (Å²) in [7, 11) is 0. The van der Waals surface area contributed by atoms with Crippen LogP contribution in [0.1, 0.15) is 19.4 Å². The Morgan fingerprint density at radius 1 is 1.23 bits per heavy atom. The maximum atomic E-state index is 4.01. The molecule has 13 heavy (non-hydrogen) atoms. The average molecular weight is 248 g/mol. The Hall–Kier alpha value is -0.0661. The maximum Gasteiger partial charge on any atom is 0 e. The summed E-state index contributed by atoms with van der Waals surface area (Å²) < 4.78 is 0. The van der Waals surface area contributed by atoms with Crippen molar-refractivity contribution in [2.75, 3.05) is 0 Å². The van der Waals surface area contributed by atoms with Gasteiger partial charge in [-0.25, -0.2) is 18.1 Å². The van der Waals surface area contributed by atoms with Crippen LogP contribution in [0.2, 0.25) is 0 Å². The van der Waals surface area contributed by atoms with Gasteiger partial charge in [-0.15, -0.1) is 13.8 Å². The molecular formula is C12H15Y-. The molecule has 0 aliphatic rings. The van der Waals surface area contributed by atoms with E-state index in [0.29, 0.717) is 0 Å². The van der Waals surface area contributed by atoms with Crippen molar-refractivity contribution < 1.29 is 32.7 Å². The van der Waals surface area contributed by atoms with Gasteiger partial charge in [-0.1, -0.05) is 30.3 Å². The van der Waals surface area contributed by atoms with Crippen LogP contribution in [-0.4, -0.2) is 0 Å². The van der Waals surface area contributed by atoms with Gasteiger partial charge in [0.2, 0.25) is 0 Å². The molecule has 1 aromatic rings. The predicted molar refractivity (Wildman–Crippen MR) is 53.9 cm³/mol. The summed E-state index contributed by atoms with van der Waals surface area (Å²) in [5.41, 5.74) is 2.56. The zero-order valence-corrected chi connectivity index (χ0v) is 11.2. The number of benzene rings is 1. The van der Waals surface area contributed by atoms with Gasteiger partial charge in [0.15, 0.2) is 0 Å². The first-order valence-electron chi connectivity index (χ1n) is 4.22. The quantitative estimate of drug-likeness (QED) is 0.719. The predicted octanol–water partition coefficient (Wildman–Crippen LogP) is 3.40. The van der Waals surface area contributed by atoms with Crippen molar-refractivity contribution in [1.29, 1.82) is 0 Å². The van der Waals surface area contributed by atoms with Crippen LogP contribution < -0.4 is 0 Å². The Kier molecular flexibility index (Phi) is 6.36. The number of hydrogen-bond acceptors (Lipinski definition) is 0. The topological polar surface area (TPSA) is 0 Å². The molecule has 0 heterocycles. The second-order valence-electron chi connectivity index (χ2n) is 3.27. The maximum absolute atomic E-state index is 4.01. The van der Waals surface area contributed by atoms with Crippen molar-refractivity contribution >= 4 is 0 Å². The standard InChI is InChI=1S/C12H15.Y/c1-10(2)11(3)9-12-7-5-4-6-8-12;/h4-8H,3,9H2,1-2H3;/q-1;. The van der Waals surface area contributed by atoms with Crippen LogP contribution in [0.25, 0.3) is 0 Å². The second-order valence-corrected chi connectivity index (χ2v) is 3.27. The van der Waals surface area contributed by atoms with E-state index < -0.39 is 0 Å². The van der Waals surface area contributed by atoms with E-state index in [1.165, 1.54) is 17.1 Å². The van der Waals surface area contributed by atoms with E-state index in [-0.39, 0.29) is 32.7 Å². The fraction of sp³-hybridized carbons (Fsp3) is 0.250. The third kappa shape index (κ3) is 4.64. The summed E-state index contributed by atoms with van der Waals surface area (Å²) in [5, 5.41) is 0. The van der Waals surface area contributed by atoms with E-state index in [4.69, 9.17) is 0 Å². The van der Waals surface area contributed by atoms with Crippen molar-refractivity contribution in [3.8, 4) is 0 Å². The Morgan fingerprint density at radius 2 is 1.77 bits per heavy atom. The largest absolute Gasteiger partial charge is 0.241 e. The van der Waals surface area contributed by atoms with Gasteiger partial charge in [-0.3, -0.25) is 0 Å². The molecule has 0 aliphatic carbocycles. The molecule has 0 N–H and O–H groups in total. The summed E-state index contributed by atoms with van der Waals surface area (Å²) in [6.45, 7) is 8.22. The number of allylic oxidation sites excluding steroid dienone is 1. The first kappa shape index (κ1) is 12.9. The Balaban J connectivity index is 0.00000144. The van der Waals surface area contributed by atoms with E-state index in [1.54, 1.807) is 0 Å². The van der Waals surface area contributed by atoms with Gasteiger partial charge in [0.05, 0.1) is 0 Å². The van der Waals surface area contributed by atoms with Gasteiger partial charge in [-0.2, -0.15) is 0 Å². The van der Waals surface area contributed by atoms with Crippen LogP contribution in [0.15, 0.2) is 42.5 Å². The second kappa shape index (κ2) is 6.40. The number of rotatable bonds is 3. The SMILES string of the molecule is C=C(Cc1ccccc1)[C-](C)C.[Y]. The van der Waals surface area contributed by atoms with Crippen molar-refractivity contribution in [2.24, 2.45) is 0 Å². The van der Waals surface area contributed by atoms with E-state index in [0.717, 1.165) is 6.42 Å². The zero-order chi connectivity index (χ0) is 8.97. The van der Waals surface area contributed by atoms with E-state index >= 15 is 0 Å². The molecule has 0 aromatic heterocycles. The van der Waals surface area contributed by atoms with Crippen LogP contribution in [0.4, 0.5) is 0 Å². The van der Waals surface area contributed by atoms with Gasteiger partial charge in [0.25, 0.3) is 0 Å². The van der Waals surface area contributed by atoms with E-state index in [2.05, 4.69) is 44.7 Å². The molecule has 67 valence electrons. The third-order valence-corrected chi connectivity index (χ3v) is 1.97. The van der Waals surface area contributed by atoms with Crippen LogP contribution in [0.3, 0.4) is 0 Å². The van der Waals surface area contributed by atoms with Crippen molar-refractivity contribution in [2.45, 2.75) is 20.3 Å². The van der Waals surface area contributed by atoms with Gasteiger partial charge >= 0.3 is 0 Å². The zero-order valence-electron chi connectivity index (χ0n) is 8.38. The molecule has 1 heteroatoms. The normalized spacial score (nSPS) is 8.77. The van der Waals surface area contributed by atoms with Gasteiger partial charge in [0, 0.05) is 32.7 Å². The molecule has 0 nitrogen and oxygen atoms in total. The summed E-state index contributed by atoms with van der Waals surface area (Å²) >= 11 is 0. The minimum absolute atomic E-state index is 0. The molecule has 0 bridgehead atoms. The molecule has 1 radical (unpaired) electrons. The van der Waals surface area contributed by atoms with E-state index in [9.17, 15) is 0 Å². The molecular weight excluding hydrogens is 233 g/mol. The first-order chi connectivity index (χ1) is 5.70. The van der Waals surface area contributed by atoms with Crippen molar-refractivity contribution in [3.05, 3.63) is 54.0 Å². The van der Waals surface area contributed by atoms with Crippen LogP contribution >= 0.6 is 0 Å². The summed E-state index contributed by atoms with van der Waals surface area (Å²) in [5.74, 6) is 1.32. The van der Waals surface area contributed by atoms with Gasteiger partial charge < -0.3 is 0 Å². The summed E-state index contributed by atoms with van der Waals surface area (Å²) in [6, 6.07) is 10.4. The van der Waals surface area contributed by atoms with E-state index in [1.807, 2.05) is 6.07 Å². The van der Waals surface area contributed by atoms with Crippen LogP contribution in [-0.2, 0) is 39.1 Å². The minimum Gasteiger partial charge on any atom is -0.241 e. The Labute approximate surface area is 106 Å². The average Bonchev–Trinajstić information content (AvgIpc) is 2.06. The molecule has 0 atom stereocenters. The van der Waals surface area contributed by atoms with Crippen LogP contribution in [0, 0.1) is 5.92 Å². The third-order valence-electron chi connectivity index (χ3n) is 1.97. The first-order valence-corrected chi connectivity index (χ1v) is 4.22. The minimum atomic E-state index is 0. The smallest absolute Gasteiger partial charge is 0 e. The molecule has 0 amide bonds. The molecule has 1 rings (SSSR count). The molecule has 0 saturated heterocycles. The van der Waals surface area contributed by atoms with Gasteiger partial charge in [-0.05, 0) is 12.0 Å². The van der Waals surface area contributed by atoms with Gasteiger partial charge in [0.1, 0.15) is 0 Å². The Bertz CT molecular complexity index is 249. The molecule has 0 unspecified atom stereocenters. The van der Waals surface area contributed by atoms with Crippen molar-refractivity contribution in [1.82, 2.24) is 0 Å². The molecule has 0 spiro atoms.